The Morgan fingerprint density at radius 2 is 2.14 bits per heavy atom. The van der Waals surface area contributed by atoms with E-state index in [2.05, 4.69) is 46.9 Å². The van der Waals surface area contributed by atoms with Gasteiger partial charge in [0.1, 0.15) is 5.75 Å². The lowest BCUT2D eigenvalue weighted by molar-refractivity contribution is 0.411. The number of nitrogens with one attached hydrogen (secondary N) is 1. The molecule has 0 heterocycles. The molecule has 0 bridgehead atoms. The van der Waals surface area contributed by atoms with Crippen molar-refractivity contribution in [2.24, 2.45) is 0 Å². The van der Waals surface area contributed by atoms with Crippen LogP contribution < -0.4 is 10.1 Å². The van der Waals surface area contributed by atoms with Crippen LogP contribution in [0.1, 0.15) is 57.1 Å². The average Bonchev–Trinajstić information content (AvgIpc) is 2.50. The molecule has 0 radical (unpaired) electrons. The topological polar surface area (TPSA) is 21.3 Å². The van der Waals surface area contributed by atoms with Gasteiger partial charge in [0, 0.05) is 6.04 Å². The van der Waals surface area contributed by atoms with Gasteiger partial charge in [0.25, 0.3) is 0 Å². The number of unbranched alkanes of at least 4 members (excludes halogenated alkanes) is 3. The first-order valence-electron chi connectivity index (χ1n) is 7.90. The van der Waals surface area contributed by atoms with E-state index in [4.69, 9.17) is 4.74 Å². The minimum Gasteiger partial charge on any atom is -0.496 e. The number of allylic oxidation sites excluding steroid dienone is 1. The van der Waals surface area contributed by atoms with Crippen molar-refractivity contribution in [1.82, 2.24) is 5.32 Å². The molecule has 0 fully saturated rings. The first kappa shape index (κ1) is 18.2. The summed E-state index contributed by atoms with van der Waals surface area (Å²) in [6.45, 7) is 7.04. The van der Waals surface area contributed by atoms with Crippen LogP contribution in [-0.4, -0.2) is 13.7 Å². The van der Waals surface area contributed by atoms with E-state index in [0.717, 1.165) is 29.6 Å². The molecule has 0 aliphatic heterocycles. The maximum atomic E-state index is 5.31. The Kier molecular flexibility index (Phi) is 9.44. The fraction of sp³-hybridized carbons (Fsp3) is 0.556. The lowest BCUT2D eigenvalue weighted by Crippen LogP contribution is -2.22. The predicted octanol–water partition coefficient (Wildman–Crippen LogP) is 5.63. The SMILES string of the molecule is C=CCCCCCC(NCCC)c1ccc(OC)c(Br)c1. The van der Waals surface area contributed by atoms with Gasteiger partial charge in [-0.25, -0.2) is 0 Å². The van der Waals surface area contributed by atoms with Crippen molar-refractivity contribution in [2.75, 3.05) is 13.7 Å². The minimum atomic E-state index is 0.427. The van der Waals surface area contributed by atoms with E-state index in [1.54, 1.807) is 7.11 Å². The molecule has 0 aliphatic rings. The van der Waals surface area contributed by atoms with E-state index in [9.17, 15) is 0 Å². The number of ether oxygens (including phenoxy) is 1. The Morgan fingerprint density at radius 1 is 1.33 bits per heavy atom. The molecule has 1 N–H and O–H groups in total. The molecular formula is C18H28BrNO. The van der Waals surface area contributed by atoms with Crippen molar-refractivity contribution in [3.63, 3.8) is 0 Å². The van der Waals surface area contributed by atoms with Crippen LogP contribution in [0.3, 0.4) is 0 Å². The van der Waals surface area contributed by atoms with E-state index < -0.39 is 0 Å². The highest BCUT2D eigenvalue weighted by atomic mass is 79.9. The minimum absolute atomic E-state index is 0.427. The molecule has 1 rings (SSSR count). The Hall–Kier alpha value is -0.800. The summed E-state index contributed by atoms with van der Waals surface area (Å²) in [7, 11) is 1.70. The lowest BCUT2D eigenvalue weighted by Gasteiger charge is -2.20. The van der Waals surface area contributed by atoms with Gasteiger partial charge in [-0.3, -0.25) is 0 Å². The average molecular weight is 354 g/mol. The van der Waals surface area contributed by atoms with Crippen LogP contribution in [0.15, 0.2) is 35.3 Å². The summed E-state index contributed by atoms with van der Waals surface area (Å²) < 4.78 is 6.34. The van der Waals surface area contributed by atoms with Crippen LogP contribution in [-0.2, 0) is 0 Å². The zero-order valence-corrected chi connectivity index (χ0v) is 14.9. The first-order valence-corrected chi connectivity index (χ1v) is 8.70. The zero-order chi connectivity index (χ0) is 15.5. The molecule has 1 unspecified atom stereocenters. The number of rotatable bonds is 11. The molecule has 0 saturated carbocycles. The maximum Gasteiger partial charge on any atom is 0.133 e. The Bertz CT molecular complexity index is 420. The Morgan fingerprint density at radius 3 is 2.76 bits per heavy atom. The predicted molar refractivity (Wildman–Crippen MR) is 95.0 cm³/mol. The summed E-state index contributed by atoms with van der Waals surface area (Å²) in [5.41, 5.74) is 1.33. The molecule has 1 atom stereocenters. The monoisotopic (exact) mass is 353 g/mol. The van der Waals surface area contributed by atoms with Crippen LogP contribution in [0.5, 0.6) is 5.75 Å². The zero-order valence-electron chi connectivity index (χ0n) is 13.3. The van der Waals surface area contributed by atoms with E-state index in [1.165, 1.54) is 31.2 Å². The van der Waals surface area contributed by atoms with Gasteiger partial charge in [0.05, 0.1) is 11.6 Å². The van der Waals surface area contributed by atoms with Crippen molar-refractivity contribution in [3.8, 4) is 5.75 Å². The third-order valence-corrected chi connectivity index (χ3v) is 4.24. The van der Waals surface area contributed by atoms with Crippen molar-refractivity contribution in [3.05, 3.63) is 40.9 Å². The summed E-state index contributed by atoms with van der Waals surface area (Å²) in [5.74, 6) is 0.888. The van der Waals surface area contributed by atoms with Gasteiger partial charge in [0.2, 0.25) is 0 Å². The van der Waals surface area contributed by atoms with Gasteiger partial charge in [-0.05, 0) is 65.9 Å². The molecule has 2 nitrogen and oxygen atoms in total. The fourth-order valence-corrected chi connectivity index (χ4v) is 2.98. The molecule has 3 heteroatoms. The van der Waals surface area contributed by atoms with Gasteiger partial charge in [-0.15, -0.1) is 6.58 Å². The number of benzene rings is 1. The van der Waals surface area contributed by atoms with Crippen LogP contribution in [0.4, 0.5) is 0 Å². The summed E-state index contributed by atoms with van der Waals surface area (Å²) in [6, 6.07) is 6.81. The molecule has 0 aliphatic carbocycles. The molecule has 0 saturated heterocycles. The maximum absolute atomic E-state index is 5.31. The molecule has 118 valence electrons. The smallest absolute Gasteiger partial charge is 0.133 e. The van der Waals surface area contributed by atoms with Crippen LogP contribution in [0.2, 0.25) is 0 Å². The van der Waals surface area contributed by atoms with Crippen LogP contribution in [0.25, 0.3) is 0 Å². The molecule has 21 heavy (non-hydrogen) atoms. The van der Waals surface area contributed by atoms with E-state index in [-0.39, 0.29) is 0 Å². The van der Waals surface area contributed by atoms with E-state index >= 15 is 0 Å². The molecule has 1 aromatic rings. The summed E-state index contributed by atoms with van der Waals surface area (Å²) in [4.78, 5) is 0. The standard InChI is InChI=1S/C18H28BrNO/c1-4-6-7-8-9-10-17(20-13-5-2)15-11-12-18(21-3)16(19)14-15/h4,11-12,14,17,20H,1,5-10,13H2,2-3H3. The van der Waals surface area contributed by atoms with E-state index in [0.29, 0.717) is 6.04 Å². The van der Waals surface area contributed by atoms with Crippen molar-refractivity contribution in [1.29, 1.82) is 0 Å². The number of methoxy groups -OCH3 is 1. The molecule has 0 aromatic heterocycles. The molecular weight excluding hydrogens is 326 g/mol. The van der Waals surface area contributed by atoms with E-state index in [1.807, 2.05) is 12.1 Å². The molecule has 0 amide bonds. The number of hydrogen-bond donors (Lipinski definition) is 1. The highest BCUT2D eigenvalue weighted by Crippen LogP contribution is 2.30. The van der Waals surface area contributed by atoms with Gasteiger partial charge in [0.15, 0.2) is 0 Å². The van der Waals surface area contributed by atoms with Gasteiger partial charge in [-0.2, -0.15) is 0 Å². The molecule has 0 spiro atoms. The number of halogens is 1. The third-order valence-electron chi connectivity index (χ3n) is 3.62. The normalized spacial score (nSPS) is 12.1. The van der Waals surface area contributed by atoms with Gasteiger partial charge in [-0.1, -0.05) is 31.9 Å². The van der Waals surface area contributed by atoms with Crippen molar-refractivity contribution >= 4 is 15.9 Å². The van der Waals surface area contributed by atoms with Crippen molar-refractivity contribution < 1.29 is 4.74 Å². The Labute approximate surface area is 138 Å². The highest BCUT2D eigenvalue weighted by Gasteiger charge is 2.12. The lowest BCUT2D eigenvalue weighted by atomic mass is 9.99. The Balaban J connectivity index is 2.63. The van der Waals surface area contributed by atoms with Crippen LogP contribution in [0, 0.1) is 0 Å². The summed E-state index contributed by atoms with van der Waals surface area (Å²) in [5, 5.41) is 3.66. The molecule has 1 aromatic carbocycles. The third kappa shape index (κ3) is 6.66. The van der Waals surface area contributed by atoms with Gasteiger partial charge >= 0.3 is 0 Å². The second-order valence-corrected chi connectivity index (χ2v) is 6.18. The van der Waals surface area contributed by atoms with Crippen molar-refractivity contribution in [2.45, 2.75) is 51.5 Å². The number of hydrogen-bond acceptors (Lipinski definition) is 2. The first-order chi connectivity index (χ1) is 10.2. The second-order valence-electron chi connectivity index (χ2n) is 5.33. The fourth-order valence-electron chi connectivity index (χ4n) is 2.42. The summed E-state index contributed by atoms with van der Waals surface area (Å²) in [6.07, 6.45) is 9.23. The largest absolute Gasteiger partial charge is 0.496 e. The quantitative estimate of drug-likeness (QED) is 0.410. The van der Waals surface area contributed by atoms with Gasteiger partial charge < -0.3 is 10.1 Å². The van der Waals surface area contributed by atoms with Crippen LogP contribution >= 0.6 is 15.9 Å². The second kappa shape index (κ2) is 10.9. The summed E-state index contributed by atoms with van der Waals surface area (Å²) >= 11 is 3.58. The highest BCUT2D eigenvalue weighted by molar-refractivity contribution is 9.10.